The summed E-state index contributed by atoms with van der Waals surface area (Å²) in [5.41, 5.74) is 1.09. The average molecular weight is 320 g/mol. The highest BCUT2D eigenvalue weighted by molar-refractivity contribution is 8.00. The van der Waals surface area contributed by atoms with Crippen molar-refractivity contribution in [2.75, 3.05) is 19.3 Å². The van der Waals surface area contributed by atoms with E-state index in [1.165, 1.54) is 0 Å². The fraction of sp³-hybridized carbons (Fsp3) is 0.750. The third kappa shape index (κ3) is 4.47. The lowest BCUT2D eigenvalue weighted by atomic mass is 10.2. The number of aromatic nitrogens is 2. The summed E-state index contributed by atoms with van der Waals surface area (Å²) in [6, 6.07) is 0. The lowest BCUT2D eigenvalue weighted by Crippen LogP contribution is -2.36. The molecule has 0 aromatic carbocycles. The molecule has 0 atom stereocenters. The minimum absolute atomic E-state index is 0.146. The van der Waals surface area contributed by atoms with Gasteiger partial charge in [0.1, 0.15) is 4.90 Å². The summed E-state index contributed by atoms with van der Waals surface area (Å²) in [6.07, 6.45) is 1.97. The normalized spacial score (nSPS) is 12.8. The van der Waals surface area contributed by atoms with E-state index in [-0.39, 0.29) is 9.64 Å². The SMILES string of the molecule is CCNCc1n[nH]c(C)c1S(=O)(=O)NCC(C)(C)SC. The van der Waals surface area contributed by atoms with Crippen LogP contribution in [-0.2, 0) is 16.6 Å². The second-order valence-corrected chi connectivity index (χ2v) is 8.41. The first-order valence-corrected chi connectivity index (χ1v) is 9.23. The quantitative estimate of drug-likeness (QED) is 0.671. The van der Waals surface area contributed by atoms with Crippen molar-refractivity contribution in [1.29, 1.82) is 0 Å². The van der Waals surface area contributed by atoms with Gasteiger partial charge in [-0.3, -0.25) is 5.10 Å². The molecule has 0 aliphatic rings. The van der Waals surface area contributed by atoms with Crippen LogP contribution in [0.2, 0.25) is 0 Å². The van der Waals surface area contributed by atoms with Crippen LogP contribution in [-0.4, -0.2) is 42.7 Å². The zero-order chi connectivity index (χ0) is 15.4. The Balaban J connectivity index is 2.95. The van der Waals surface area contributed by atoms with E-state index in [4.69, 9.17) is 0 Å². The zero-order valence-corrected chi connectivity index (χ0v) is 14.3. The zero-order valence-electron chi connectivity index (χ0n) is 12.7. The number of rotatable bonds is 8. The molecular formula is C12H24N4O2S2. The molecule has 0 aliphatic carbocycles. The van der Waals surface area contributed by atoms with Gasteiger partial charge in [-0.15, -0.1) is 0 Å². The van der Waals surface area contributed by atoms with Gasteiger partial charge < -0.3 is 5.32 Å². The number of hydrogen-bond donors (Lipinski definition) is 3. The summed E-state index contributed by atoms with van der Waals surface area (Å²) in [6.45, 7) is 9.26. The van der Waals surface area contributed by atoms with Crippen LogP contribution in [0.4, 0.5) is 0 Å². The van der Waals surface area contributed by atoms with Gasteiger partial charge in [0.2, 0.25) is 10.0 Å². The van der Waals surface area contributed by atoms with Gasteiger partial charge in [-0.05, 0) is 33.6 Å². The predicted molar refractivity (Wildman–Crippen MR) is 83.5 cm³/mol. The van der Waals surface area contributed by atoms with Gasteiger partial charge in [-0.2, -0.15) is 16.9 Å². The number of H-pyrrole nitrogens is 1. The maximum absolute atomic E-state index is 12.5. The van der Waals surface area contributed by atoms with E-state index in [1.54, 1.807) is 18.7 Å². The Bertz CT molecular complexity index is 538. The van der Waals surface area contributed by atoms with E-state index in [9.17, 15) is 8.42 Å². The molecule has 8 heteroatoms. The number of thioether (sulfide) groups is 1. The van der Waals surface area contributed by atoms with Gasteiger partial charge in [0, 0.05) is 17.8 Å². The third-order valence-corrected chi connectivity index (χ3v) is 5.87. The summed E-state index contributed by atoms with van der Waals surface area (Å²) in [5.74, 6) is 0. The van der Waals surface area contributed by atoms with Crippen molar-refractivity contribution in [3.05, 3.63) is 11.4 Å². The first-order chi connectivity index (χ1) is 9.23. The predicted octanol–water partition coefficient (Wildman–Crippen LogP) is 1.25. The summed E-state index contributed by atoms with van der Waals surface area (Å²) in [4.78, 5) is 0.260. The van der Waals surface area contributed by atoms with Crippen LogP contribution >= 0.6 is 11.8 Å². The number of hydrogen-bond acceptors (Lipinski definition) is 5. The van der Waals surface area contributed by atoms with Crippen molar-refractivity contribution in [3.8, 4) is 0 Å². The van der Waals surface area contributed by atoms with Crippen LogP contribution in [0.1, 0.15) is 32.2 Å². The molecule has 0 saturated heterocycles. The first-order valence-electron chi connectivity index (χ1n) is 6.53. The van der Waals surface area contributed by atoms with E-state index in [1.807, 2.05) is 27.0 Å². The highest BCUT2D eigenvalue weighted by atomic mass is 32.2. The second kappa shape index (κ2) is 6.93. The van der Waals surface area contributed by atoms with Crippen LogP contribution in [0.5, 0.6) is 0 Å². The van der Waals surface area contributed by atoms with Crippen molar-refractivity contribution >= 4 is 21.8 Å². The van der Waals surface area contributed by atoms with Crippen LogP contribution < -0.4 is 10.0 Å². The summed E-state index contributed by atoms with van der Waals surface area (Å²) in [7, 11) is -3.55. The van der Waals surface area contributed by atoms with Crippen molar-refractivity contribution in [2.24, 2.45) is 0 Å². The highest BCUT2D eigenvalue weighted by Crippen LogP contribution is 2.22. The molecule has 0 bridgehead atoms. The molecule has 1 aromatic rings. The van der Waals surface area contributed by atoms with E-state index >= 15 is 0 Å². The standard InChI is InChI=1S/C12H24N4O2S2/c1-6-13-7-10-11(9(2)15-16-10)20(17,18)14-8-12(3,4)19-5/h13-14H,6-8H2,1-5H3,(H,15,16). The minimum Gasteiger partial charge on any atom is -0.311 e. The van der Waals surface area contributed by atoms with Gasteiger partial charge in [0.25, 0.3) is 0 Å². The number of nitrogens with zero attached hydrogens (tertiary/aromatic N) is 1. The van der Waals surface area contributed by atoms with Crippen molar-refractivity contribution in [1.82, 2.24) is 20.2 Å². The Morgan fingerprint density at radius 1 is 1.40 bits per heavy atom. The van der Waals surface area contributed by atoms with Crippen LogP contribution in [0.3, 0.4) is 0 Å². The van der Waals surface area contributed by atoms with Crippen molar-refractivity contribution in [2.45, 2.75) is 43.9 Å². The smallest absolute Gasteiger partial charge is 0.244 e. The molecule has 0 fully saturated rings. The first kappa shape index (κ1) is 17.5. The van der Waals surface area contributed by atoms with Crippen LogP contribution in [0.15, 0.2) is 4.90 Å². The Hall–Kier alpha value is -0.570. The number of aryl methyl sites for hydroxylation is 1. The molecule has 0 amide bonds. The van der Waals surface area contributed by atoms with E-state index in [0.29, 0.717) is 24.5 Å². The molecule has 0 saturated carbocycles. The molecule has 0 radical (unpaired) electrons. The Kier molecular flexibility index (Phi) is 6.06. The molecular weight excluding hydrogens is 296 g/mol. The van der Waals surface area contributed by atoms with Gasteiger partial charge >= 0.3 is 0 Å². The second-order valence-electron chi connectivity index (χ2n) is 5.19. The van der Waals surface area contributed by atoms with Crippen LogP contribution in [0, 0.1) is 6.92 Å². The minimum atomic E-state index is -3.55. The molecule has 0 aliphatic heterocycles. The van der Waals surface area contributed by atoms with Gasteiger partial charge in [0.05, 0.1) is 11.4 Å². The molecule has 116 valence electrons. The number of aromatic amines is 1. The summed E-state index contributed by atoms with van der Waals surface area (Å²) >= 11 is 1.62. The third-order valence-electron chi connectivity index (χ3n) is 3.01. The maximum Gasteiger partial charge on any atom is 0.244 e. The van der Waals surface area contributed by atoms with E-state index < -0.39 is 10.0 Å². The number of nitrogens with one attached hydrogen (secondary N) is 3. The van der Waals surface area contributed by atoms with Crippen molar-refractivity contribution in [3.63, 3.8) is 0 Å². The molecule has 1 heterocycles. The highest BCUT2D eigenvalue weighted by Gasteiger charge is 2.26. The fourth-order valence-corrected chi connectivity index (χ4v) is 3.48. The lowest BCUT2D eigenvalue weighted by molar-refractivity contribution is 0.567. The lowest BCUT2D eigenvalue weighted by Gasteiger charge is -2.22. The monoisotopic (exact) mass is 320 g/mol. The average Bonchev–Trinajstić information content (AvgIpc) is 2.76. The van der Waals surface area contributed by atoms with Crippen molar-refractivity contribution < 1.29 is 8.42 Å². The molecule has 1 rings (SSSR count). The Morgan fingerprint density at radius 3 is 2.60 bits per heavy atom. The molecule has 3 N–H and O–H groups in total. The maximum atomic E-state index is 12.5. The topological polar surface area (TPSA) is 86.9 Å². The fourth-order valence-electron chi connectivity index (χ4n) is 1.60. The molecule has 0 unspecified atom stereocenters. The Labute approximate surface area is 125 Å². The molecule has 20 heavy (non-hydrogen) atoms. The van der Waals surface area contributed by atoms with Gasteiger partial charge in [-0.25, -0.2) is 13.1 Å². The molecule has 6 nitrogen and oxygen atoms in total. The Morgan fingerprint density at radius 2 is 2.05 bits per heavy atom. The molecule has 0 spiro atoms. The summed E-state index contributed by atoms with van der Waals surface area (Å²) < 4.78 is 27.4. The summed E-state index contributed by atoms with van der Waals surface area (Å²) in [5, 5.41) is 9.92. The van der Waals surface area contributed by atoms with E-state index in [2.05, 4.69) is 20.2 Å². The van der Waals surface area contributed by atoms with E-state index in [0.717, 1.165) is 6.54 Å². The molecule has 1 aromatic heterocycles. The van der Waals surface area contributed by atoms with Gasteiger partial charge in [-0.1, -0.05) is 6.92 Å². The van der Waals surface area contributed by atoms with Gasteiger partial charge in [0.15, 0.2) is 0 Å². The number of sulfonamides is 1. The largest absolute Gasteiger partial charge is 0.311 e. The van der Waals surface area contributed by atoms with Crippen LogP contribution in [0.25, 0.3) is 0 Å².